The highest BCUT2D eigenvalue weighted by atomic mass is 32.1. The summed E-state index contributed by atoms with van der Waals surface area (Å²) in [5.41, 5.74) is 4.49. The van der Waals surface area contributed by atoms with Gasteiger partial charge in [0.2, 0.25) is 0 Å². The number of rotatable bonds is 6. The van der Waals surface area contributed by atoms with E-state index in [-0.39, 0.29) is 0 Å². The molecule has 28 heavy (non-hydrogen) atoms. The summed E-state index contributed by atoms with van der Waals surface area (Å²) < 4.78 is 0. The van der Waals surface area contributed by atoms with E-state index in [1.807, 2.05) is 44.2 Å². The van der Waals surface area contributed by atoms with Crippen LogP contribution in [0.3, 0.4) is 0 Å². The van der Waals surface area contributed by atoms with Crippen molar-refractivity contribution < 1.29 is 9.90 Å². The highest BCUT2D eigenvalue weighted by Gasteiger charge is 2.15. The molecule has 0 aliphatic rings. The third-order valence-corrected chi connectivity index (χ3v) is 5.71. The van der Waals surface area contributed by atoms with Gasteiger partial charge >= 0.3 is 5.97 Å². The van der Waals surface area contributed by atoms with Gasteiger partial charge in [-0.2, -0.15) is 0 Å². The Balaban J connectivity index is 1.68. The Bertz CT molecular complexity index is 995. The Hall–Kier alpha value is -2.87. The van der Waals surface area contributed by atoms with Crippen molar-refractivity contribution in [1.29, 1.82) is 0 Å². The van der Waals surface area contributed by atoms with Crippen LogP contribution in [0.4, 0.5) is 0 Å². The van der Waals surface area contributed by atoms with Crippen LogP contribution in [-0.4, -0.2) is 17.1 Å². The maximum absolute atomic E-state index is 11.1. The van der Waals surface area contributed by atoms with Gasteiger partial charge in [0.25, 0.3) is 0 Å². The van der Waals surface area contributed by atoms with Crippen molar-refractivity contribution in [3.05, 3.63) is 81.5 Å². The summed E-state index contributed by atoms with van der Waals surface area (Å²) in [5, 5.41) is 12.2. The first-order valence-corrected chi connectivity index (χ1v) is 10.1. The van der Waals surface area contributed by atoms with E-state index < -0.39 is 12.0 Å². The Morgan fingerprint density at radius 1 is 1.07 bits per heavy atom. The van der Waals surface area contributed by atoms with Gasteiger partial charge in [-0.05, 0) is 48.2 Å². The number of hydrogen-bond acceptors (Lipinski definition) is 3. The minimum Gasteiger partial charge on any atom is -0.480 e. The van der Waals surface area contributed by atoms with E-state index in [1.165, 1.54) is 11.1 Å². The van der Waals surface area contributed by atoms with Crippen molar-refractivity contribution in [2.75, 3.05) is 0 Å². The van der Waals surface area contributed by atoms with Crippen LogP contribution in [0.5, 0.6) is 0 Å². The molecule has 0 saturated heterocycles. The predicted molar refractivity (Wildman–Crippen MR) is 115 cm³/mol. The molecule has 0 spiro atoms. The Morgan fingerprint density at radius 2 is 1.75 bits per heavy atom. The van der Waals surface area contributed by atoms with E-state index in [0.29, 0.717) is 13.0 Å². The lowest BCUT2D eigenvalue weighted by atomic mass is 10.0. The molecule has 0 aliphatic heterocycles. The van der Waals surface area contributed by atoms with Crippen molar-refractivity contribution in [2.24, 2.45) is 0 Å². The summed E-state index contributed by atoms with van der Waals surface area (Å²) >= 11 is 1.61. The number of carboxylic acids is 1. The van der Waals surface area contributed by atoms with E-state index in [0.717, 1.165) is 20.9 Å². The largest absolute Gasteiger partial charge is 0.480 e. The highest BCUT2D eigenvalue weighted by Crippen LogP contribution is 2.22. The molecule has 0 saturated carbocycles. The molecule has 3 rings (SSSR count). The average Bonchev–Trinajstić information content (AvgIpc) is 3.07. The number of nitrogens with one attached hydrogen (secondary N) is 1. The molecule has 0 amide bonds. The van der Waals surface area contributed by atoms with Gasteiger partial charge in [0.15, 0.2) is 0 Å². The maximum Gasteiger partial charge on any atom is 0.320 e. The van der Waals surface area contributed by atoms with Gasteiger partial charge in [-0.1, -0.05) is 61.2 Å². The second-order valence-electron chi connectivity index (χ2n) is 6.59. The molecule has 142 valence electrons. The zero-order valence-corrected chi connectivity index (χ0v) is 16.8. The fraction of sp³-hybridized carbons (Fsp3) is 0.208. The molecule has 0 fully saturated rings. The molecule has 0 aliphatic carbocycles. The van der Waals surface area contributed by atoms with Crippen molar-refractivity contribution in [3.8, 4) is 23.0 Å². The van der Waals surface area contributed by atoms with Crippen molar-refractivity contribution in [1.82, 2.24) is 5.32 Å². The fourth-order valence-electron chi connectivity index (χ4n) is 2.89. The minimum atomic E-state index is -0.810. The number of carbonyl (C=O) groups is 1. The smallest absolute Gasteiger partial charge is 0.320 e. The Labute approximate surface area is 170 Å². The van der Waals surface area contributed by atoms with E-state index in [9.17, 15) is 4.79 Å². The topological polar surface area (TPSA) is 49.3 Å². The average molecular weight is 390 g/mol. The molecule has 1 atom stereocenters. The summed E-state index contributed by atoms with van der Waals surface area (Å²) in [7, 11) is 0. The maximum atomic E-state index is 11.1. The van der Waals surface area contributed by atoms with Gasteiger partial charge in [-0.25, -0.2) is 0 Å². The molecule has 0 bridgehead atoms. The molecule has 3 aromatic rings. The van der Waals surface area contributed by atoms with Gasteiger partial charge in [0.05, 0.1) is 4.88 Å². The molecule has 4 heteroatoms. The van der Waals surface area contributed by atoms with E-state index in [1.54, 1.807) is 11.3 Å². The summed E-state index contributed by atoms with van der Waals surface area (Å²) in [6.07, 6.45) is 0.561. The van der Waals surface area contributed by atoms with Crippen LogP contribution < -0.4 is 5.32 Å². The van der Waals surface area contributed by atoms with Crippen LogP contribution in [0, 0.1) is 18.8 Å². The first-order chi connectivity index (χ1) is 13.6. The molecule has 1 aromatic heterocycles. The third kappa shape index (κ3) is 5.10. The Kier molecular flexibility index (Phi) is 6.65. The van der Waals surface area contributed by atoms with Crippen LogP contribution in [0.2, 0.25) is 0 Å². The van der Waals surface area contributed by atoms with Crippen molar-refractivity contribution >= 4 is 17.3 Å². The first kappa shape index (κ1) is 19.9. The lowest BCUT2D eigenvalue weighted by molar-refractivity contribution is -0.139. The lowest BCUT2D eigenvalue weighted by Crippen LogP contribution is -2.35. The number of carboxylic acid groups (broad SMARTS) is 1. The molecular weight excluding hydrogens is 366 g/mol. The van der Waals surface area contributed by atoms with Gasteiger partial charge in [0, 0.05) is 17.0 Å². The molecule has 1 heterocycles. The van der Waals surface area contributed by atoms with Crippen LogP contribution in [0.15, 0.2) is 60.7 Å². The van der Waals surface area contributed by atoms with E-state index in [4.69, 9.17) is 5.11 Å². The second kappa shape index (κ2) is 9.36. The Morgan fingerprint density at radius 3 is 2.39 bits per heavy atom. The summed E-state index contributed by atoms with van der Waals surface area (Å²) in [4.78, 5) is 13.3. The number of aliphatic carboxylic acids is 1. The quantitative estimate of drug-likeness (QED) is 0.578. The van der Waals surface area contributed by atoms with Crippen molar-refractivity contribution in [2.45, 2.75) is 32.9 Å². The standard InChI is InChI=1S/C24H23NO2S/c1-3-22(24(26)27)25-16-23-17(2)15-21(28-23)14-11-18-9-12-20(13-10-18)19-7-5-4-6-8-19/h4-10,12-13,15,22,25H,3,16H2,1-2H3,(H,26,27). The van der Waals surface area contributed by atoms with Crippen LogP contribution in [-0.2, 0) is 11.3 Å². The fourth-order valence-corrected chi connectivity index (χ4v) is 3.87. The number of aryl methyl sites for hydroxylation is 1. The molecule has 2 aromatic carbocycles. The zero-order chi connectivity index (χ0) is 19.9. The van der Waals surface area contributed by atoms with E-state index >= 15 is 0 Å². The summed E-state index contributed by atoms with van der Waals surface area (Å²) in [5.74, 6) is 5.64. The van der Waals surface area contributed by atoms with Gasteiger partial charge in [-0.15, -0.1) is 11.3 Å². The third-order valence-electron chi connectivity index (χ3n) is 4.56. The lowest BCUT2D eigenvalue weighted by Gasteiger charge is -2.11. The van der Waals surface area contributed by atoms with Gasteiger partial charge < -0.3 is 5.11 Å². The SMILES string of the molecule is CCC(NCc1sc(C#Cc2ccc(-c3ccccc3)cc2)cc1C)C(=O)O. The first-order valence-electron chi connectivity index (χ1n) is 9.30. The number of thiophene rings is 1. The summed E-state index contributed by atoms with van der Waals surface area (Å²) in [6, 6.07) is 20.1. The molecule has 3 nitrogen and oxygen atoms in total. The van der Waals surface area contributed by atoms with Crippen LogP contribution in [0.1, 0.15) is 34.2 Å². The minimum absolute atomic E-state index is 0.515. The van der Waals surface area contributed by atoms with Crippen LogP contribution >= 0.6 is 11.3 Å². The number of benzene rings is 2. The van der Waals surface area contributed by atoms with Gasteiger partial charge in [-0.3, -0.25) is 10.1 Å². The van der Waals surface area contributed by atoms with Gasteiger partial charge in [0.1, 0.15) is 6.04 Å². The molecular formula is C24H23NO2S. The molecule has 0 radical (unpaired) electrons. The molecule has 1 unspecified atom stereocenters. The number of hydrogen-bond donors (Lipinski definition) is 2. The highest BCUT2D eigenvalue weighted by molar-refractivity contribution is 7.12. The van der Waals surface area contributed by atoms with E-state index in [2.05, 4.69) is 47.5 Å². The zero-order valence-electron chi connectivity index (χ0n) is 16.0. The summed E-state index contributed by atoms with van der Waals surface area (Å²) in [6.45, 7) is 4.46. The van der Waals surface area contributed by atoms with Crippen LogP contribution in [0.25, 0.3) is 11.1 Å². The second-order valence-corrected chi connectivity index (χ2v) is 7.73. The molecule has 2 N–H and O–H groups in total. The monoisotopic (exact) mass is 389 g/mol. The normalized spacial score (nSPS) is 11.5. The predicted octanol–water partition coefficient (Wildman–Crippen LogP) is 5.08. The van der Waals surface area contributed by atoms with Crippen molar-refractivity contribution in [3.63, 3.8) is 0 Å².